The number of rotatable bonds is 4. The molecule has 2 aliphatic rings. The highest BCUT2D eigenvalue weighted by atomic mass is 19.4. The molecule has 5 nitrogen and oxygen atoms in total. The molecular formula is C22H31F3N4O. The molecule has 30 heavy (non-hydrogen) atoms. The number of nitrogens with zero attached hydrogens (tertiary/aromatic N) is 2. The van der Waals surface area contributed by atoms with Gasteiger partial charge in [0.2, 0.25) is 5.95 Å². The zero-order valence-corrected chi connectivity index (χ0v) is 17.7. The molecule has 4 rings (SSSR count). The van der Waals surface area contributed by atoms with Gasteiger partial charge in [0.25, 0.3) is 5.56 Å². The van der Waals surface area contributed by atoms with E-state index in [1.165, 1.54) is 38.8 Å². The van der Waals surface area contributed by atoms with Gasteiger partial charge in [0.05, 0.1) is 17.3 Å². The largest absolute Gasteiger partial charge is 0.391 e. The second-order valence-electron chi connectivity index (χ2n) is 8.76. The Hall–Kier alpha value is -2.12. The first-order valence-electron chi connectivity index (χ1n) is 10.9. The van der Waals surface area contributed by atoms with E-state index in [0.29, 0.717) is 16.8 Å². The third-order valence-corrected chi connectivity index (χ3v) is 6.02. The van der Waals surface area contributed by atoms with E-state index in [9.17, 15) is 18.0 Å². The third kappa shape index (κ3) is 6.19. The number of alkyl halides is 3. The molecule has 2 fully saturated rings. The summed E-state index contributed by atoms with van der Waals surface area (Å²) >= 11 is 0. The molecule has 0 aromatic carbocycles. The number of aromatic amines is 1. The minimum atomic E-state index is -4.26. The van der Waals surface area contributed by atoms with E-state index in [0.717, 1.165) is 37.2 Å². The van der Waals surface area contributed by atoms with Crippen LogP contribution < -0.4 is 10.9 Å². The average molecular weight is 425 g/mol. The maximum Gasteiger partial charge on any atom is 0.391 e. The van der Waals surface area contributed by atoms with Crippen LogP contribution in [0.3, 0.4) is 0 Å². The summed E-state index contributed by atoms with van der Waals surface area (Å²) in [6.45, 7) is 3.74. The van der Waals surface area contributed by atoms with Gasteiger partial charge in [0.15, 0.2) is 0 Å². The summed E-state index contributed by atoms with van der Waals surface area (Å²) < 4.78 is 37.5. The van der Waals surface area contributed by atoms with Crippen molar-refractivity contribution in [3.63, 3.8) is 0 Å². The Labute approximate surface area is 174 Å². The average Bonchev–Trinajstić information content (AvgIpc) is 2.66. The first kappa shape index (κ1) is 22.6. The Morgan fingerprint density at radius 1 is 1.17 bits per heavy atom. The highest BCUT2D eigenvalue weighted by Gasteiger charge is 2.30. The van der Waals surface area contributed by atoms with E-state index < -0.39 is 18.6 Å². The number of halogens is 3. The second-order valence-corrected chi connectivity index (χ2v) is 8.76. The van der Waals surface area contributed by atoms with Crippen molar-refractivity contribution < 1.29 is 13.2 Å². The van der Waals surface area contributed by atoms with E-state index >= 15 is 0 Å². The van der Waals surface area contributed by atoms with Crippen molar-refractivity contribution >= 4 is 16.9 Å². The number of hydrogen-bond acceptors (Lipinski definition) is 4. The van der Waals surface area contributed by atoms with Gasteiger partial charge in [-0.3, -0.25) is 4.79 Å². The molecule has 8 heteroatoms. The molecule has 2 N–H and O–H groups in total. The fourth-order valence-electron chi connectivity index (χ4n) is 4.08. The molecule has 0 aliphatic heterocycles. The topological polar surface area (TPSA) is 70.7 Å². The lowest BCUT2D eigenvalue weighted by molar-refractivity contribution is -0.136. The van der Waals surface area contributed by atoms with Crippen LogP contribution in [0.5, 0.6) is 0 Å². The number of nitrogens with one attached hydrogen (secondary N) is 2. The predicted octanol–water partition coefficient (Wildman–Crippen LogP) is 5.93. The summed E-state index contributed by atoms with van der Waals surface area (Å²) in [7, 11) is 0. The monoisotopic (exact) mass is 424 g/mol. The summed E-state index contributed by atoms with van der Waals surface area (Å²) in [5, 5.41) is 3.06. The normalized spacial score (nSPS) is 19.0. The summed E-state index contributed by atoms with van der Waals surface area (Å²) in [6, 6.07) is -0.849. The molecule has 2 aliphatic carbocycles. The summed E-state index contributed by atoms with van der Waals surface area (Å²) in [6.07, 6.45) is 7.82. The highest BCUT2D eigenvalue weighted by molar-refractivity contribution is 5.81. The van der Waals surface area contributed by atoms with Crippen molar-refractivity contribution in [2.75, 3.05) is 5.32 Å². The lowest BCUT2D eigenvalue weighted by Crippen LogP contribution is -2.25. The molecule has 2 saturated carbocycles. The summed E-state index contributed by atoms with van der Waals surface area (Å²) in [4.78, 5) is 23.1. The molecule has 0 bridgehead atoms. The molecule has 2 aromatic rings. The molecule has 166 valence electrons. The Bertz CT molecular complexity index is 886. The molecule has 1 atom stereocenters. The maximum atomic E-state index is 12.5. The lowest BCUT2D eigenvalue weighted by Gasteiger charge is -2.22. The van der Waals surface area contributed by atoms with Gasteiger partial charge in [-0.15, -0.1) is 0 Å². The fraction of sp³-hybridized carbons (Fsp3) is 0.682. The van der Waals surface area contributed by atoms with Gasteiger partial charge >= 0.3 is 6.18 Å². The quantitative estimate of drug-likeness (QED) is 0.639. The predicted molar refractivity (Wildman–Crippen MR) is 113 cm³/mol. The molecular weight excluding hydrogens is 393 g/mol. The molecule has 0 spiro atoms. The summed E-state index contributed by atoms with van der Waals surface area (Å²) in [5.74, 6) is 1.49. The van der Waals surface area contributed by atoms with E-state index in [4.69, 9.17) is 0 Å². The van der Waals surface area contributed by atoms with Gasteiger partial charge in [0.1, 0.15) is 0 Å². The van der Waals surface area contributed by atoms with Gasteiger partial charge in [0, 0.05) is 18.4 Å². The molecule has 0 radical (unpaired) electrons. The second kappa shape index (κ2) is 9.79. The van der Waals surface area contributed by atoms with Crippen LogP contribution in [-0.4, -0.2) is 27.2 Å². The van der Waals surface area contributed by atoms with E-state index in [1.807, 2.05) is 0 Å². The molecule has 0 amide bonds. The van der Waals surface area contributed by atoms with Gasteiger partial charge in [-0.05, 0) is 37.2 Å². The van der Waals surface area contributed by atoms with Crippen molar-refractivity contribution in [1.29, 1.82) is 0 Å². The molecule has 1 unspecified atom stereocenters. The van der Waals surface area contributed by atoms with Crippen molar-refractivity contribution in [3.05, 3.63) is 28.3 Å². The standard InChI is InChI=1S/C17H21F3N4O.C5H10/c1-10(7-17(18,19)20)23-16-22-9-13-14(24-16)12(8-21-15(13)25)11-5-3-2-4-6-11;1-5-3-2-4-5/h8-11H,2-7H2,1H3,(H,21,25)(H,22,23,24);5H,2-4H2,1H3. The fourth-order valence-corrected chi connectivity index (χ4v) is 4.08. The van der Waals surface area contributed by atoms with Gasteiger partial charge < -0.3 is 10.3 Å². The minimum Gasteiger partial charge on any atom is -0.351 e. The van der Waals surface area contributed by atoms with Crippen molar-refractivity contribution in [2.24, 2.45) is 5.92 Å². The SMILES string of the molecule is CC(CC(F)(F)F)Nc1ncc2c(=O)[nH]cc(C3CCCCC3)c2n1.CC1CCC1. The zero-order valence-electron chi connectivity index (χ0n) is 17.7. The van der Waals surface area contributed by atoms with Crippen LogP contribution in [0.4, 0.5) is 19.1 Å². The van der Waals surface area contributed by atoms with Gasteiger partial charge in [-0.1, -0.05) is 45.4 Å². The van der Waals surface area contributed by atoms with E-state index in [1.54, 1.807) is 6.20 Å². The molecule has 2 heterocycles. The Morgan fingerprint density at radius 2 is 1.83 bits per heavy atom. The minimum absolute atomic E-state index is 0.118. The van der Waals surface area contributed by atoms with Crippen molar-refractivity contribution in [1.82, 2.24) is 15.0 Å². The Balaban J connectivity index is 0.000000448. The van der Waals surface area contributed by atoms with Crippen LogP contribution in [0.2, 0.25) is 0 Å². The maximum absolute atomic E-state index is 12.5. The number of anilines is 1. The summed E-state index contributed by atoms with van der Waals surface area (Å²) in [5.41, 5.74) is 1.19. The van der Waals surface area contributed by atoms with Crippen LogP contribution in [0.15, 0.2) is 17.2 Å². The molecule has 0 saturated heterocycles. The Morgan fingerprint density at radius 3 is 2.40 bits per heavy atom. The highest BCUT2D eigenvalue weighted by Crippen LogP contribution is 2.34. The lowest BCUT2D eigenvalue weighted by atomic mass is 9.84. The van der Waals surface area contributed by atoms with Gasteiger partial charge in [-0.2, -0.15) is 13.2 Å². The Kier molecular flexibility index (Phi) is 7.36. The number of fused-ring (bicyclic) bond motifs is 1. The van der Waals surface area contributed by atoms with E-state index in [-0.39, 0.29) is 11.5 Å². The van der Waals surface area contributed by atoms with Crippen LogP contribution in [0.1, 0.15) is 83.1 Å². The van der Waals surface area contributed by atoms with E-state index in [2.05, 4.69) is 27.2 Å². The van der Waals surface area contributed by atoms with Gasteiger partial charge in [-0.25, -0.2) is 9.97 Å². The first-order valence-corrected chi connectivity index (χ1v) is 10.9. The number of pyridine rings is 1. The van der Waals surface area contributed by atoms with Crippen LogP contribution in [0.25, 0.3) is 10.9 Å². The number of H-pyrrole nitrogens is 1. The first-order chi connectivity index (χ1) is 14.2. The van der Waals surface area contributed by atoms with Crippen molar-refractivity contribution in [3.8, 4) is 0 Å². The van der Waals surface area contributed by atoms with Crippen LogP contribution in [-0.2, 0) is 0 Å². The van der Waals surface area contributed by atoms with Crippen LogP contribution >= 0.6 is 0 Å². The third-order valence-electron chi connectivity index (χ3n) is 6.02. The smallest absolute Gasteiger partial charge is 0.351 e. The zero-order chi connectivity index (χ0) is 21.7. The molecule has 2 aromatic heterocycles. The van der Waals surface area contributed by atoms with Crippen LogP contribution in [0, 0.1) is 5.92 Å². The number of hydrogen-bond donors (Lipinski definition) is 2. The van der Waals surface area contributed by atoms with Crippen molar-refractivity contribution in [2.45, 2.75) is 89.8 Å². The number of aromatic nitrogens is 3.